The Morgan fingerprint density at radius 3 is 1.50 bits per heavy atom. The van der Waals surface area contributed by atoms with Gasteiger partial charge in [-0.2, -0.15) is 52.7 Å². The minimum atomic E-state index is -4.75. The number of likely N-dealkylation sites (N-methyl/N-ethyl adjacent to an activating group) is 1. The SMILES string of the molecule is CC(F)CNC(=O)N1C(=O)N(c2cccc(C(F)(F)F)c2)C2=C(C(=O)CCC2)[C@H]1c1ccc(C#N)cc1S(C)(O)O.Cc1cccc(N2C(=O)N(C)[C@H](c3ccc(C#N)cc3)C3=C2CCCC3=O)c1.Cn1ccc2c1CN(C(=O)CN1C(=O)N(c3cccc(C(F)(F)F)c3)C3=C(C(=O)CCC3)[C@H]1c1ccc(C#N)cc1)C2. The number of amides is 9. The summed E-state index contributed by atoms with van der Waals surface area (Å²) in [7, 11) is 0.0182. The minimum Gasteiger partial charge on any atom is -0.353 e. The molecular formula is C81H73F7N12O10S. The van der Waals surface area contributed by atoms with Crippen LogP contribution in [0, 0.1) is 40.9 Å². The Kier molecular flexibility index (Phi) is 22.2. The molecule has 4 atom stereocenters. The predicted octanol–water partition coefficient (Wildman–Crippen LogP) is 16.3. The molecule has 22 nitrogen and oxygen atoms in total. The lowest BCUT2D eigenvalue weighted by Gasteiger charge is -2.45. The average Bonchev–Trinajstić information content (AvgIpc) is 1.31. The number of imide groups is 1. The van der Waals surface area contributed by atoms with Crippen LogP contribution in [0.2, 0.25) is 0 Å². The number of urea groups is 4. The molecule has 9 amide bonds. The van der Waals surface area contributed by atoms with Crippen molar-refractivity contribution in [2.24, 2.45) is 7.05 Å². The number of anilines is 3. The fraction of sp³-hybridized carbons (Fsp3) is 0.296. The average molecular weight is 1540 g/mol. The molecule has 0 spiro atoms. The van der Waals surface area contributed by atoms with Crippen LogP contribution in [0.3, 0.4) is 0 Å². The van der Waals surface area contributed by atoms with Gasteiger partial charge in [0.25, 0.3) is 0 Å². The standard InChI is InChI=1S/C31H26F3N5O3.C27H26F4N4O5S.C23H21N3O2/c1-36-13-12-21-16-37(17-25(21)36)27(41)18-38-29(20-10-8-19(15-35)9-11-20)28-24(6-3-7-26(28)40)39(30(38)42)23-5-2-4-22(14-23)31(32,33)34;1-15(28)14-33-25(37)35-24(19-10-9-16(13-32)11-22(19)41(2,39)40)23-20(7-4-8-21(23)36)34(26(35)38)18-6-3-5-17(12-18)27(29,30)31;1-15-5-3-6-18(13-15)26-19-7-4-8-20(27)21(19)22(25(2)23(26)28)17-11-9-16(14-24)10-12-17/h2,4-5,8-14,29H,3,6-7,16-18H2,1H3;3,5-6,9-12,15,24,39-40H,4,7-8,14H2,1-2H3,(H,33,37);3,5-6,9-13,22H,4,7-8H2,1-2H3/t29-;15?,24-;22-/m111/s1. The molecule has 1 aromatic heterocycles. The topological polar surface area (TPSA) is 288 Å². The first-order chi connectivity index (χ1) is 52.7. The van der Waals surface area contributed by atoms with E-state index in [0.29, 0.717) is 71.6 Å². The molecule has 5 heterocycles. The van der Waals surface area contributed by atoms with Crippen LogP contribution in [0.25, 0.3) is 0 Å². The van der Waals surface area contributed by atoms with Crippen LogP contribution in [0.5, 0.6) is 0 Å². The number of halogens is 7. The molecule has 7 aliphatic rings. The minimum absolute atomic E-state index is 0.00901. The van der Waals surface area contributed by atoms with Gasteiger partial charge in [0, 0.05) is 97.4 Å². The van der Waals surface area contributed by atoms with Gasteiger partial charge in [-0.15, -0.1) is 0 Å². The van der Waals surface area contributed by atoms with Crippen molar-refractivity contribution in [1.82, 2.24) is 29.5 Å². The number of carbonyl (C=O) groups excluding carboxylic acids is 8. The summed E-state index contributed by atoms with van der Waals surface area (Å²) in [5, 5.41) is 30.0. The van der Waals surface area contributed by atoms with Crippen LogP contribution < -0.4 is 20.0 Å². The number of aromatic nitrogens is 1. The number of carbonyl (C=O) groups is 8. The predicted molar refractivity (Wildman–Crippen MR) is 394 cm³/mol. The van der Waals surface area contributed by atoms with Crippen molar-refractivity contribution in [3.05, 3.63) is 247 Å². The lowest BCUT2D eigenvalue weighted by atomic mass is 9.83. The third-order valence-corrected chi connectivity index (χ3v) is 21.5. The fourth-order valence-electron chi connectivity index (χ4n) is 15.1. The van der Waals surface area contributed by atoms with Crippen molar-refractivity contribution in [2.75, 3.05) is 41.1 Å². The highest BCUT2D eigenvalue weighted by molar-refractivity contribution is 8.23. The van der Waals surface area contributed by atoms with E-state index in [0.717, 1.165) is 93.5 Å². The first kappa shape index (κ1) is 78.4. The number of hydrogen-bond acceptors (Lipinski definition) is 13. The first-order valence-electron chi connectivity index (χ1n) is 35.3. The van der Waals surface area contributed by atoms with Crippen molar-refractivity contribution in [3.63, 3.8) is 0 Å². The molecule has 3 aliphatic carbocycles. The Morgan fingerprint density at radius 1 is 0.568 bits per heavy atom. The molecule has 0 saturated heterocycles. The van der Waals surface area contributed by atoms with Crippen LogP contribution in [0.1, 0.15) is 144 Å². The first-order valence-corrected chi connectivity index (χ1v) is 37.3. The lowest BCUT2D eigenvalue weighted by molar-refractivity contribution is -0.138. The maximum absolute atomic E-state index is 14.3. The van der Waals surface area contributed by atoms with E-state index in [9.17, 15) is 88.7 Å². The highest BCUT2D eigenvalue weighted by atomic mass is 32.3. The van der Waals surface area contributed by atoms with Crippen LogP contribution in [-0.2, 0) is 51.7 Å². The zero-order valence-electron chi connectivity index (χ0n) is 60.6. The van der Waals surface area contributed by atoms with E-state index in [1.807, 2.05) is 79.3 Å². The highest BCUT2D eigenvalue weighted by Gasteiger charge is 2.51. The number of nitriles is 3. The number of nitrogens with one attached hydrogen (secondary N) is 1. The largest absolute Gasteiger partial charge is 0.416 e. The Morgan fingerprint density at radius 2 is 1.03 bits per heavy atom. The van der Waals surface area contributed by atoms with Crippen LogP contribution in [0.4, 0.5) is 67.0 Å². The summed E-state index contributed by atoms with van der Waals surface area (Å²) < 4.78 is 119. The van der Waals surface area contributed by atoms with Gasteiger partial charge in [0.05, 0.1) is 93.2 Å². The Labute approximate surface area is 635 Å². The molecule has 7 aromatic rings. The third kappa shape index (κ3) is 15.8. The Bertz CT molecular complexity index is 5200. The zero-order chi connectivity index (χ0) is 79.9. The number of alkyl halides is 7. The van der Waals surface area contributed by atoms with Gasteiger partial charge >= 0.3 is 36.5 Å². The van der Waals surface area contributed by atoms with Crippen molar-refractivity contribution < 1.29 is 78.2 Å². The number of aryl methyl sites for hydroxylation is 2. The zero-order valence-corrected chi connectivity index (χ0v) is 61.4. The van der Waals surface area contributed by atoms with Crippen LogP contribution in [0.15, 0.2) is 190 Å². The molecule has 1 unspecified atom stereocenters. The van der Waals surface area contributed by atoms with E-state index in [4.69, 9.17) is 5.26 Å². The van der Waals surface area contributed by atoms with Crippen LogP contribution in [-0.4, -0.2) is 113 Å². The maximum atomic E-state index is 14.3. The summed E-state index contributed by atoms with van der Waals surface area (Å²) in [5.41, 5.74) is 5.93. The van der Waals surface area contributed by atoms with Crippen molar-refractivity contribution in [2.45, 2.75) is 126 Å². The lowest BCUT2D eigenvalue weighted by Crippen LogP contribution is -2.57. The molecule has 572 valence electrons. The van der Waals surface area contributed by atoms with Crippen molar-refractivity contribution in [3.8, 4) is 18.2 Å². The number of nitrogens with zero attached hydrogens (tertiary/aromatic N) is 11. The molecular weight excluding hydrogens is 1470 g/mol. The van der Waals surface area contributed by atoms with Gasteiger partial charge in [0.2, 0.25) is 5.91 Å². The van der Waals surface area contributed by atoms with Gasteiger partial charge in [0.15, 0.2) is 17.3 Å². The quantitative estimate of drug-likeness (QED) is 0.102. The second-order valence-corrected chi connectivity index (χ2v) is 29.9. The number of benzene rings is 6. The van der Waals surface area contributed by atoms with Gasteiger partial charge in [-0.1, -0.05) is 54.6 Å². The summed E-state index contributed by atoms with van der Waals surface area (Å²) in [5.74, 6) is -1.01. The van der Waals surface area contributed by atoms with E-state index < -0.39 is 95.3 Å². The second kappa shape index (κ2) is 31.4. The monoisotopic (exact) mass is 1540 g/mol. The Balaban J connectivity index is 0.000000158. The van der Waals surface area contributed by atoms with E-state index in [1.165, 1.54) is 41.3 Å². The fourth-order valence-corrected chi connectivity index (χ4v) is 16.1. The number of Topliss-reactive ketones (excluding diaryl/α,β-unsaturated/α-hetero) is 3. The smallest absolute Gasteiger partial charge is 0.353 e. The van der Waals surface area contributed by atoms with Gasteiger partial charge in [-0.25, -0.2) is 28.5 Å². The molecule has 4 aliphatic heterocycles. The highest BCUT2D eigenvalue weighted by Crippen LogP contribution is 2.54. The van der Waals surface area contributed by atoms with E-state index in [-0.39, 0.29) is 93.4 Å². The number of ketones is 3. The number of hydrogen-bond donors (Lipinski definition) is 3. The van der Waals surface area contributed by atoms with Gasteiger partial charge in [-0.05, 0) is 166 Å². The van der Waals surface area contributed by atoms with E-state index in [2.05, 4.69) is 11.4 Å². The number of allylic oxidation sites excluding steroid dienone is 3. The van der Waals surface area contributed by atoms with E-state index >= 15 is 0 Å². The normalized spacial score (nSPS) is 19.1. The van der Waals surface area contributed by atoms with Crippen molar-refractivity contribution >= 4 is 75.0 Å². The number of fused-ring (bicyclic) bond motifs is 1. The molecule has 14 rings (SSSR count). The molecule has 0 bridgehead atoms. The van der Waals surface area contributed by atoms with E-state index in [1.54, 1.807) is 58.1 Å². The van der Waals surface area contributed by atoms with Gasteiger partial charge in [0.1, 0.15) is 18.8 Å². The Hall–Kier alpha value is -12.2. The summed E-state index contributed by atoms with van der Waals surface area (Å²) in [6.07, 6.45) is -4.71. The summed E-state index contributed by atoms with van der Waals surface area (Å²) in [6.45, 7) is 2.94. The number of rotatable bonds is 11. The van der Waals surface area contributed by atoms with Crippen molar-refractivity contribution in [1.29, 1.82) is 15.8 Å². The maximum Gasteiger partial charge on any atom is 0.416 e. The molecule has 6 aromatic carbocycles. The molecule has 0 saturated carbocycles. The summed E-state index contributed by atoms with van der Waals surface area (Å²) in [6, 6.07) is 35.3. The molecule has 111 heavy (non-hydrogen) atoms. The van der Waals surface area contributed by atoms with Gasteiger partial charge in [-0.3, -0.25) is 43.0 Å². The summed E-state index contributed by atoms with van der Waals surface area (Å²) >= 11 is 0. The molecule has 3 N–H and O–H groups in total. The molecule has 0 radical (unpaired) electrons. The molecule has 30 heteroatoms. The third-order valence-electron chi connectivity index (χ3n) is 20.3. The van der Waals surface area contributed by atoms with Crippen LogP contribution >= 0.6 is 10.6 Å². The van der Waals surface area contributed by atoms with Gasteiger partial charge < -0.3 is 24.6 Å². The summed E-state index contributed by atoms with van der Waals surface area (Å²) in [4.78, 5) is 118. The second-order valence-electron chi connectivity index (χ2n) is 27.8. The molecule has 0 fully saturated rings.